The topological polar surface area (TPSA) is 71.8 Å². The van der Waals surface area contributed by atoms with Crippen molar-refractivity contribution < 1.29 is 0 Å². The van der Waals surface area contributed by atoms with E-state index in [0.29, 0.717) is 17.7 Å². The first kappa shape index (κ1) is 11.3. The summed E-state index contributed by atoms with van der Waals surface area (Å²) in [5.41, 5.74) is 0.870. The van der Waals surface area contributed by atoms with Crippen LogP contribution in [0.3, 0.4) is 0 Å². The lowest BCUT2D eigenvalue weighted by Crippen LogP contribution is -2.15. The molecule has 0 atom stereocenters. The van der Waals surface area contributed by atoms with Crippen LogP contribution in [0.5, 0.6) is 0 Å². The van der Waals surface area contributed by atoms with Crippen LogP contribution in [-0.2, 0) is 7.05 Å². The zero-order valence-corrected chi connectivity index (χ0v) is 10.3. The molecule has 0 spiro atoms. The fourth-order valence-electron chi connectivity index (χ4n) is 1.34. The Labute approximate surface area is 99.5 Å². The van der Waals surface area contributed by atoms with Crippen LogP contribution in [0.25, 0.3) is 11.4 Å². The third-order valence-electron chi connectivity index (χ3n) is 2.21. The van der Waals surface area contributed by atoms with E-state index in [0.717, 1.165) is 5.56 Å². The summed E-state index contributed by atoms with van der Waals surface area (Å²) in [5, 5.41) is 7.03. The molecule has 1 N–H and O–H groups in total. The molecule has 0 aliphatic heterocycles. The Morgan fingerprint density at radius 1 is 1.24 bits per heavy atom. The van der Waals surface area contributed by atoms with Gasteiger partial charge in [-0.2, -0.15) is 20.1 Å². The molecule has 0 saturated heterocycles. The largest absolute Gasteiger partial charge is 0.357 e. The van der Waals surface area contributed by atoms with Gasteiger partial charge in [0.1, 0.15) is 0 Å². The quantitative estimate of drug-likeness (QED) is 0.826. The van der Waals surface area contributed by atoms with Crippen molar-refractivity contribution in [2.45, 2.75) is 0 Å². The van der Waals surface area contributed by atoms with Gasteiger partial charge in [-0.1, -0.05) is 0 Å². The molecule has 7 heteroatoms. The number of aryl methyl sites for hydroxylation is 1. The summed E-state index contributed by atoms with van der Waals surface area (Å²) in [6.07, 6.45) is 3.60. The predicted molar refractivity (Wildman–Crippen MR) is 65.9 cm³/mol. The molecule has 0 radical (unpaired) electrons. The maximum absolute atomic E-state index is 4.37. The normalized spacial score (nSPS) is 10.4. The molecule has 0 aliphatic rings. The third kappa shape index (κ3) is 2.32. The van der Waals surface area contributed by atoms with Gasteiger partial charge in [0.05, 0.1) is 11.8 Å². The average molecular weight is 233 g/mol. The Hall–Kier alpha value is -2.18. The van der Waals surface area contributed by atoms with Crippen LogP contribution in [0.15, 0.2) is 12.4 Å². The molecule has 0 fully saturated rings. The number of nitrogens with one attached hydrogen (secondary N) is 1. The lowest BCUT2D eigenvalue weighted by molar-refractivity contribution is 0.768. The van der Waals surface area contributed by atoms with Crippen molar-refractivity contribution in [3.8, 4) is 11.4 Å². The van der Waals surface area contributed by atoms with Gasteiger partial charge >= 0.3 is 0 Å². The molecule has 17 heavy (non-hydrogen) atoms. The van der Waals surface area contributed by atoms with Gasteiger partial charge in [-0.15, -0.1) is 0 Å². The molecule has 0 saturated carbocycles. The molecule has 2 aromatic heterocycles. The van der Waals surface area contributed by atoms with Gasteiger partial charge in [0.2, 0.25) is 11.9 Å². The van der Waals surface area contributed by atoms with Crippen molar-refractivity contribution in [2.24, 2.45) is 7.05 Å². The van der Waals surface area contributed by atoms with Crippen molar-refractivity contribution in [3.63, 3.8) is 0 Å². The summed E-state index contributed by atoms with van der Waals surface area (Å²) in [5.74, 6) is 1.77. The van der Waals surface area contributed by atoms with E-state index < -0.39 is 0 Å². The van der Waals surface area contributed by atoms with Gasteiger partial charge in [-0.05, 0) is 0 Å². The predicted octanol–water partition coefficient (Wildman–Crippen LogP) is 0.380. The van der Waals surface area contributed by atoms with Crippen LogP contribution in [0.2, 0.25) is 0 Å². The molecule has 90 valence electrons. The standard InChI is InChI=1S/C10H15N7/c1-11-9-13-8(7-5-12-17(4)6-7)14-10(15-9)16(2)3/h5-6H,1-4H3,(H,11,13,14,15). The first-order valence-electron chi connectivity index (χ1n) is 5.20. The van der Waals surface area contributed by atoms with Crippen molar-refractivity contribution in [1.29, 1.82) is 0 Å². The summed E-state index contributed by atoms with van der Waals surface area (Å²) < 4.78 is 1.72. The molecule has 0 bridgehead atoms. The van der Waals surface area contributed by atoms with Crippen molar-refractivity contribution in [1.82, 2.24) is 24.7 Å². The summed E-state index contributed by atoms with van der Waals surface area (Å²) in [7, 11) is 7.42. The van der Waals surface area contributed by atoms with Crippen LogP contribution in [0.1, 0.15) is 0 Å². The van der Waals surface area contributed by atoms with Crippen molar-refractivity contribution >= 4 is 11.9 Å². The molecule has 2 aromatic rings. The third-order valence-corrected chi connectivity index (χ3v) is 2.21. The van der Waals surface area contributed by atoms with Crippen molar-refractivity contribution in [3.05, 3.63) is 12.4 Å². The number of aromatic nitrogens is 5. The zero-order chi connectivity index (χ0) is 12.4. The zero-order valence-electron chi connectivity index (χ0n) is 10.3. The second-order valence-corrected chi connectivity index (χ2v) is 3.83. The molecule has 7 nitrogen and oxygen atoms in total. The maximum Gasteiger partial charge on any atom is 0.230 e. The van der Waals surface area contributed by atoms with Crippen LogP contribution in [0.4, 0.5) is 11.9 Å². The molecule has 0 unspecified atom stereocenters. The first-order valence-corrected chi connectivity index (χ1v) is 5.20. The van der Waals surface area contributed by atoms with E-state index in [1.165, 1.54) is 0 Å². The molecular formula is C10H15N7. The lowest BCUT2D eigenvalue weighted by Gasteiger charge is -2.11. The van der Waals surface area contributed by atoms with E-state index in [2.05, 4.69) is 25.4 Å². The Bertz CT molecular complexity index is 517. The Morgan fingerprint density at radius 3 is 2.53 bits per heavy atom. The smallest absolute Gasteiger partial charge is 0.230 e. The number of hydrogen-bond acceptors (Lipinski definition) is 6. The second-order valence-electron chi connectivity index (χ2n) is 3.83. The highest BCUT2D eigenvalue weighted by Crippen LogP contribution is 2.17. The molecule has 0 aromatic carbocycles. The molecule has 0 aliphatic carbocycles. The van der Waals surface area contributed by atoms with E-state index in [1.54, 1.807) is 17.9 Å². The van der Waals surface area contributed by atoms with Crippen LogP contribution in [-0.4, -0.2) is 45.9 Å². The minimum Gasteiger partial charge on any atom is -0.357 e. The van der Waals surface area contributed by atoms with E-state index >= 15 is 0 Å². The second kappa shape index (κ2) is 4.36. The van der Waals surface area contributed by atoms with Gasteiger partial charge in [-0.25, -0.2) is 0 Å². The minimum atomic E-state index is 0.544. The van der Waals surface area contributed by atoms with Crippen LogP contribution in [0, 0.1) is 0 Å². The highest BCUT2D eigenvalue weighted by atomic mass is 15.3. The summed E-state index contributed by atoms with van der Waals surface area (Å²) in [6, 6.07) is 0. The van der Waals surface area contributed by atoms with Gasteiger partial charge in [0.15, 0.2) is 5.82 Å². The first-order chi connectivity index (χ1) is 8.10. The summed E-state index contributed by atoms with van der Waals surface area (Å²) >= 11 is 0. The number of anilines is 2. The van der Waals surface area contributed by atoms with Gasteiger partial charge < -0.3 is 10.2 Å². The SMILES string of the molecule is CNc1nc(-c2cnn(C)c2)nc(N(C)C)n1. The monoisotopic (exact) mass is 233 g/mol. The lowest BCUT2D eigenvalue weighted by atomic mass is 10.3. The highest BCUT2D eigenvalue weighted by molar-refractivity contribution is 5.56. The van der Waals surface area contributed by atoms with E-state index in [4.69, 9.17) is 0 Å². The average Bonchev–Trinajstić information content (AvgIpc) is 2.75. The fraction of sp³-hybridized carbons (Fsp3) is 0.400. The molecule has 2 heterocycles. The van der Waals surface area contributed by atoms with E-state index in [1.807, 2.05) is 32.2 Å². The van der Waals surface area contributed by atoms with Crippen LogP contribution >= 0.6 is 0 Å². The molecule has 0 amide bonds. The van der Waals surface area contributed by atoms with Gasteiger partial charge in [-0.3, -0.25) is 4.68 Å². The Morgan fingerprint density at radius 2 is 2.00 bits per heavy atom. The van der Waals surface area contributed by atoms with E-state index in [-0.39, 0.29) is 0 Å². The highest BCUT2D eigenvalue weighted by Gasteiger charge is 2.10. The molecular weight excluding hydrogens is 218 g/mol. The van der Waals surface area contributed by atoms with Gasteiger partial charge in [0.25, 0.3) is 0 Å². The molecule has 2 rings (SSSR count). The number of hydrogen-bond donors (Lipinski definition) is 1. The summed E-state index contributed by atoms with van der Waals surface area (Å²) in [4.78, 5) is 14.8. The number of nitrogens with zero attached hydrogens (tertiary/aromatic N) is 6. The number of rotatable bonds is 3. The Kier molecular flexibility index (Phi) is 2.90. The summed E-state index contributed by atoms with van der Waals surface area (Å²) in [6.45, 7) is 0. The minimum absolute atomic E-state index is 0.544. The Balaban J connectivity index is 2.49. The van der Waals surface area contributed by atoms with Crippen molar-refractivity contribution in [2.75, 3.05) is 31.4 Å². The van der Waals surface area contributed by atoms with Crippen LogP contribution < -0.4 is 10.2 Å². The van der Waals surface area contributed by atoms with Gasteiger partial charge in [0, 0.05) is 34.4 Å². The maximum atomic E-state index is 4.37. The fourth-order valence-corrected chi connectivity index (χ4v) is 1.34. The van der Waals surface area contributed by atoms with E-state index in [9.17, 15) is 0 Å².